The van der Waals surface area contributed by atoms with Gasteiger partial charge in [0.25, 0.3) is 5.91 Å². The molecule has 0 saturated carbocycles. The van der Waals surface area contributed by atoms with Gasteiger partial charge in [0.2, 0.25) is 0 Å². The summed E-state index contributed by atoms with van der Waals surface area (Å²) < 4.78 is 2.06. The zero-order valence-corrected chi connectivity index (χ0v) is 27.7. The highest BCUT2D eigenvalue weighted by atomic mass is 79.9. The Bertz CT molecular complexity index is 1260. The van der Waals surface area contributed by atoms with Gasteiger partial charge in [-0.15, -0.1) is 0 Å². The van der Waals surface area contributed by atoms with Crippen molar-refractivity contribution in [1.29, 1.82) is 0 Å². The molecular formula is C34H44Br2N2O. The van der Waals surface area contributed by atoms with E-state index in [0.29, 0.717) is 0 Å². The number of benzene rings is 3. The Morgan fingerprint density at radius 2 is 1.36 bits per heavy atom. The van der Waals surface area contributed by atoms with Crippen molar-refractivity contribution in [2.75, 3.05) is 26.2 Å². The lowest BCUT2D eigenvalue weighted by atomic mass is 9.96. The molecular weight excluding hydrogens is 612 g/mol. The fraction of sp³-hybridized carbons (Fsp3) is 0.441. The van der Waals surface area contributed by atoms with E-state index < -0.39 is 0 Å². The van der Waals surface area contributed by atoms with Gasteiger partial charge in [-0.2, -0.15) is 0 Å². The van der Waals surface area contributed by atoms with Crippen molar-refractivity contribution in [2.24, 2.45) is 0 Å². The maximum atomic E-state index is 13.6. The number of unbranched alkanes of at least 4 members (excludes halogenated alkanes) is 1. The van der Waals surface area contributed by atoms with Crippen LogP contribution in [0.1, 0.15) is 82.0 Å². The molecule has 0 saturated heterocycles. The van der Waals surface area contributed by atoms with Crippen molar-refractivity contribution >= 4 is 21.8 Å². The van der Waals surface area contributed by atoms with E-state index in [2.05, 4.69) is 111 Å². The Balaban J connectivity index is 0.00000420. The van der Waals surface area contributed by atoms with Crippen LogP contribution in [0.4, 0.5) is 0 Å². The Kier molecular flexibility index (Phi) is 11.0. The molecule has 0 aromatic heterocycles. The second-order valence-electron chi connectivity index (χ2n) is 11.5. The largest absolute Gasteiger partial charge is 1.00 e. The summed E-state index contributed by atoms with van der Waals surface area (Å²) in [5.41, 5.74) is 10.0. The Hall–Kier alpha value is -1.95. The molecule has 210 valence electrons. The molecule has 4 rings (SSSR count). The molecule has 1 unspecified atom stereocenters. The first-order valence-electron chi connectivity index (χ1n) is 14.2. The fourth-order valence-corrected chi connectivity index (χ4v) is 6.84. The predicted molar refractivity (Wildman–Crippen MR) is 163 cm³/mol. The first kappa shape index (κ1) is 31.6. The predicted octanol–water partition coefficient (Wildman–Crippen LogP) is 5.26. The van der Waals surface area contributed by atoms with Gasteiger partial charge in [-0.1, -0.05) is 80.6 Å². The summed E-state index contributed by atoms with van der Waals surface area (Å²) in [5, 5.41) is 0. The van der Waals surface area contributed by atoms with Crippen LogP contribution in [0.15, 0.2) is 59.1 Å². The topological polar surface area (TPSA) is 20.3 Å². The van der Waals surface area contributed by atoms with Gasteiger partial charge in [-0.05, 0) is 84.1 Å². The van der Waals surface area contributed by atoms with Crippen LogP contribution in [-0.4, -0.2) is 41.5 Å². The molecule has 1 aliphatic heterocycles. The van der Waals surface area contributed by atoms with Crippen LogP contribution in [0.2, 0.25) is 0 Å². The average molecular weight is 657 g/mol. The number of carbonyl (C=O) groups is 1. The smallest absolute Gasteiger partial charge is 0.254 e. The summed E-state index contributed by atoms with van der Waals surface area (Å²) in [6.45, 7) is 18.6. The summed E-state index contributed by atoms with van der Waals surface area (Å²) in [7, 11) is 0. The first-order chi connectivity index (χ1) is 18.1. The lowest BCUT2D eigenvalue weighted by molar-refractivity contribution is -0.938. The zero-order valence-electron chi connectivity index (χ0n) is 24.5. The highest BCUT2D eigenvalue weighted by molar-refractivity contribution is 9.10. The third-order valence-electron chi connectivity index (χ3n) is 8.37. The van der Waals surface area contributed by atoms with E-state index in [-0.39, 0.29) is 28.9 Å². The van der Waals surface area contributed by atoms with Gasteiger partial charge in [0.15, 0.2) is 0 Å². The fourth-order valence-electron chi connectivity index (χ4n) is 6.48. The highest BCUT2D eigenvalue weighted by Gasteiger charge is 2.36. The number of aryl methyl sites for hydroxylation is 4. The minimum absolute atomic E-state index is 0. The van der Waals surface area contributed by atoms with Crippen LogP contribution in [0.5, 0.6) is 0 Å². The van der Waals surface area contributed by atoms with Gasteiger partial charge >= 0.3 is 0 Å². The second kappa shape index (κ2) is 13.6. The average Bonchev–Trinajstić information content (AvgIpc) is 3.09. The lowest BCUT2D eigenvalue weighted by Gasteiger charge is -2.37. The second-order valence-corrected chi connectivity index (χ2v) is 12.4. The summed E-state index contributed by atoms with van der Waals surface area (Å²) >= 11 is 3.58. The standard InChI is InChI=1S/C34H44BrN2O.BrH/c1-7-37(8-2,23-29-19-26(5)16-27(6)20-29)14-10-9-13-36-33(21-28-17-24(3)15-25(4)18-28)31-12-11-30(35)22-32(31)34(36)38;/h11-12,15-20,22,33H,7-10,13-14,21,23H2,1-6H3;1H/q+1;/p-1. The highest BCUT2D eigenvalue weighted by Crippen LogP contribution is 2.38. The molecule has 3 nitrogen and oxygen atoms in total. The molecule has 1 aliphatic rings. The molecule has 0 spiro atoms. The minimum Gasteiger partial charge on any atom is -1.00 e. The Morgan fingerprint density at radius 1 is 0.795 bits per heavy atom. The van der Waals surface area contributed by atoms with E-state index in [4.69, 9.17) is 0 Å². The maximum Gasteiger partial charge on any atom is 0.254 e. The van der Waals surface area contributed by atoms with Crippen molar-refractivity contribution < 1.29 is 26.3 Å². The van der Waals surface area contributed by atoms with Crippen molar-refractivity contribution in [3.05, 3.63) is 104 Å². The van der Waals surface area contributed by atoms with Gasteiger partial charge in [0, 0.05) is 22.1 Å². The molecule has 1 heterocycles. The monoisotopic (exact) mass is 654 g/mol. The molecule has 0 bridgehead atoms. The van der Waals surface area contributed by atoms with Crippen LogP contribution < -0.4 is 17.0 Å². The van der Waals surface area contributed by atoms with Crippen molar-refractivity contribution in [3.8, 4) is 0 Å². The van der Waals surface area contributed by atoms with Gasteiger partial charge < -0.3 is 26.4 Å². The van der Waals surface area contributed by atoms with E-state index in [1.165, 1.54) is 38.9 Å². The summed E-state index contributed by atoms with van der Waals surface area (Å²) in [6, 6.07) is 20.0. The van der Waals surface area contributed by atoms with E-state index in [1.54, 1.807) is 0 Å². The number of hydrogen-bond donors (Lipinski definition) is 0. The molecule has 5 heteroatoms. The number of rotatable bonds is 11. The van der Waals surface area contributed by atoms with Crippen LogP contribution in [0.3, 0.4) is 0 Å². The van der Waals surface area contributed by atoms with Crippen molar-refractivity contribution in [1.82, 2.24) is 4.90 Å². The molecule has 1 atom stereocenters. The number of fused-ring (bicyclic) bond motifs is 1. The van der Waals surface area contributed by atoms with Crippen LogP contribution in [-0.2, 0) is 13.0 Å². The number of quaternary nitrogens is 1. The Morgan fingerprint density at radius 3 is 1.92 bits per heavy atom. The molecule has 0 radical (unpaired) electrons. The minimum atomic E-state index is 0. The molecule has 0 aliphatic carbocycles. The van der Waals surface area contributed by atoms with Crippen LogP contribution in [0, 0.1) is 27.7 Å². The molecule has 3 aromatic carbocycles. The quantitative estimate of drug-likeness (QED) is 0.204. The first-order valence-corrected chi connectivity index (χ1v) is 15.0. The van der Waals surface area contributed by atoms with Gasteiger partial charge in [0.05, 0.1) is 25.7 Å². The van der Waals surface area contributed by atoms with Crippen molar-refractivity contribution in [3.63, 3.8) is 0 Å². The molecule has 0 fully saturated rings. The summed E-state index contributed by atoms with van der Waals surface area (Å²) in [5.74, 6) is 0.178. The zero-order chi connectivity index (χ0) is 27.4. The van der Waals surface area contributed by atoms with E-state index >= 15 is 0 Å². The van der Waals surface area contributed by atoms with Crippen molar-refractivity contribution in [2.45, 2.75) is 73.4 Å². The van der Waals surface area contributed by atoms with E-state index in [1.807, 2.05) is 6.07 Å². The number of halogens is 2. The number of nitrogens with zero attached hydrogens (tertiary/aromatic N) is 2. The SMILES string of the molecule is CC[N+](CC)(CCCCN1C(=O)c2cc(Br)ccc2C1Cc1cc(C)cc(C)c1)Cc1cc(C)cc(C)c1.[Br-]. The molecule has 39 heavy (non-hydrogen) atoms. The van der Waals surface area contributed by atoms with Gasteiger partial charge in [0.1, 0.15) is 6.54 Å². The van der Waals surface area contributed by atoms with Gasteiger partial charge in [-0.25, -0.2) is 0 Å². The van der Waals surface area contributed by atoms with Crippen LogP contribution in [0.25, 0.3) is 0 Å². The number of carbonyl (C=O) groups excluding carboxylic acids is 1. The van der Waals surface area contributed by atoms with Gasteiger partial charge in [-0.3, -0.25) is 4.79 Å². The van der Waals surface area contributed by atoms with Crippen LogP contribution >= 0.6 is 15.9 Å². The maximum absolute atomic E-state index is 13.6. The third kappa shape index (κ3) is 7.62. The molecule has 0 N–H and O–H groups in total. The molecule has 1 amide bonds. The molecule has 3 aromatic rings. The van der Waals surface area contributed by atoms with E-state index in [9.17, 15) is 4.79 Å². The van der Waals surface area contributed by atoms with E-state index in [0.717, 1.165) is 66.5 Å². The Labute approximate surface area is 255 Å². The lowest BCUT2D eigenvalue weighted by Crippen LogP contribution is -3.00. The number of amides is 1. The third-order valence-corrected chi connectivity index (χ3v) is 8.87. The summed E-state index contributed by atoms with van der Waals surface area (Å²) in [6.07, 6.45) is 3.00. The number of hydrogen-bond acceptors (Lipinski definition) is 1. The summed E-state index contributed by atoms with van der Waals surface area (Å²) in [4.78, 5) is 15.7. The normalized spacial score (nSPS) is 14.9.